The number of hydrogen-bond acceptors (Lipinski definition) is 4. The number of nitrogens with zero attached hydrogens (tertiary/aromatic N) is 1. The van der Waals surface area contributed by atoms with E-state index < -0.39 is 21.2 Å². The SMILES string of the molecule is CC1(NCc2ccc(C#N)cc2F)CCS(=O)(=O)C1. The molecular weight excluding hydrogens is 267 g/mol. The van der Waals surface area contributed by atoms with Crippen molar-refractivity contribution in [1.29, 1.82) is 5.26 Å². The summed E-state index contributed by atoms with van der Waals surface area (Å²) in [7, 11) is -2.98. The summed E-state index contributed by atoms with van der Waals surface area (Å²) in [4.78, 5) is 0. The van der Waals surface area contributed by atoms with Crippen LogP contribution in [0.25, 0.3) is 0 Å². The quantitative estimate of drug-likeness (QED) is 0.909. The van der Waals surface area contributed by atoms with Gasteiger partial charge in [-0.1, -0.05) is 6.07 Å². The van der Waals surface area contributed by atoms with Gasteiger partial charge >= 0.3 is 0 Å². The summed E-state index contributed by atoms with van der Waals surface area (Å²) in [5, 5.41) is 11.8. The molecule has 1 aromatic carbocycles. The van der Waals surface area contributed by atoms with Crippen molar-refractivity contribution in [3.05, 3.63) is 35.1 Å². The Bertz CT molecular complexity index is 637. The van der Waals surface area contributed by atoms with E-state index in [1.807, 2.05) is 13.0 Å². The number of halogens is 1. The van der Waals surface area contributed by atoms with Gasteiger partial charge < -0.3 is 5.32 Å². The van der Waals surface area contributed by atoms with Gasteiger partial charge in [0.15, 0.2) is 9.84 Å². The lowest BCUT2D eigenvalue weighted by atomic mass is 10.0. The Balaban J connectivity index is 2.06. The molecule has 0 spiro atoms. The highest BCUT2D eigenvalue weighted by molar-refractivity contribution is 7.91. The third kappa shape index (κ3) is 3.31. The molecule has 4 nitrogen and oxygen atoms in total. The van der Waals surface area contributed by atoms with E-state index in [0.717, 1.165) is 0 Å². The van der Waals surface area contributed by atoms with Crippen LogP contribution in [0.4, 0.5) is 4.39 Å². The number of nitrogens with one attached hydrogen (secondary N) is 1. The van der Waals surface area contributed by atoms with Gasteiger partial charge in [0.1, 0.15) is 5.82 Å². The number of benzene rings is 1. The molecule has 1 unspecified atom stereocenters. The maximum Gasteiger partial charge on any atom is 0.152 e. The van der Waals surface area contributed by atoms with Gasteiger partial charge in [-0.05, 0) is 25.5 Å². The fourth-order valence-corrected chi connectivity index (χ4v) is 4.34. The van der Waals surface area contributed by atoms with Crippen molar-refractivity contribution in [3.8, 4) is 6.07 Å². The summed E-state index contributed by atoms with van der Waals surface area (Å²) in [5.41, 5.74) is 0.208. The summed E-state index contributed by atoms with van der Waals surface area (Å²) in [6.07, 6.45) is 0.535. The molecule has 2 rings (SSSR count). The largest absolute Gasteiger partial charge is 0.306 e. The Morgan fingerprint density at radius 2 is 2.26 bits per heavy atom. The second-order valence-corrected chi connectivity index (χ2v) is 7.36. The van der Waals surface area contributed by atoms with E-state index in [4.69, 9.17) is 5.26 Å². The first-order chi connectivity index (χ1) is 8.84. The molecule has 0 radical (unpaired) electrons. The molecule has 102 valence electrons. The van der Waals surface area contributed by atoms with E-state index in [9.17, 15) is 12.8 Å². The van der Waals surface area contributed by atoms with Crippen LogP contribution < -0.4 is 5.32 Å². The topological polar surface area (TPSA) is 70.0 Å². The maximum absolute atomic E-state index is 13.7. The molecule has 1 fully saturated rings. The van der Waals surface area contributed by atoms with Crippen LogP contribution in [0.3, 0.4) is 0 Å². The summed E-state index contributed by atoms with van der Waals surface area (Å²) in [5.74, 6) is -0.194. The first kappa shape index (κ1) is 14.0. The van der Waals surface area contributed by atoms with E-state index in [-0.39, 0.29) is 23.6 Å². The van der Waals surface area contributed by atoms with Gasteiger partial charge in [0, 0.05) is 17.6 Å². The molecule has 1 aliphatic rings. The van der Waals surface area contributed by atoms with E-state index in [1.165, 1.54) is 6.07 Å². The molecule has 0 saturated carbocycles. The van der Waals surface area contributed by atoms with Crippen LogP contribution in [0.2, 0.25) is 0 Å². The van der Waals surface area contributed by atoms with Crippen LogP contribution >= 0.6 is 0 Å². The minimum Gasteiger partial charge on any atom is -0.306 e. The predicted octanol–water partition coefficient (Wildman–Crippen LogP) is 1.36. The molecule has 1 aliphatic heterocycles. The molecule has 0 bridgehead atoms. The van der Waals surface area contributed by atoms with Crippen molar-refractivity contribution in [3.63, 3.8) is 0 Å². The van der Waals surface area contributed by atoms with Crippen molar-refractivity contribution in [2.75, 3.05) is 11.5 Å². The van der Waals surface area contributed by atoms with Crippen LogP contribution in [0, 0.1) is 17.1 Å². The van der Waals surface area contributed by atoms with Crippen molar-refractivity contribution in [2.45, 2.75) is 25.4 Å². The molecule has 1 heterocycles. The fourth-order valence-electron chi connectivity index (χ4n) is 2.22. The van der Waals surface area contributed by atoms with Gasteiger partial charge in [0.05, 0.1) is 23.1 Å². The lowest BCUT2D eigenvalue weighted by molar-refractivity contribution is 0.391. The highest BCUT2D eigenvalue weighted by atomic mass is 32.2. The van der Waals surface area contributed by atoms with Gasteiger partial charge in [0.2, 0.25) is 0 Å². The molecule has 1 atom stereocenters. The van der Waals surface area contributed by atoms with E-state index in [2.05, 4.69) is 5.32 Å². The Morgan fingerprint density at radius 1 is 1.53 bits per heavy atom. The average molecular weight is 282 g/mol. The molecule has 1 aromatic rings. The standard InChI is InChI=1S/C13H15FN2O2S/c1-13(4-5-19(17,18)9-13)16-8-11-3-2-10(7-15)6-12(11)14/h2-3,6,16H,4-5,8-9H2,1H3. The lowest BCUT2D eigenvalue weighted by Crippen LogP contribution is -2.43. The second kappa shape index (κ2) is 4.91. The van der Waals surface area contributed by atoms with Gasteiger partial charge in [-0.3, -0.25) is 0 Å². The molecule has 1 N–H and O–H groups in total. The first-order valence-electron chi connectivity index (χ1n) is 5.98. The zero-order valence-corrected chi connectivity index (χ0v) is 11.4. The summed E-state index contributed by atoms with van der Waals surface area (Å²) in [6.45, 7) is 2.09. The zero-order chi connectivity index (χ0) is 14.1. The minimum absolute atomic E-state index is 0.0812. The molecule has 0 amide bonds. The van der Waals surface area contributed by atoms with E-state index in [0.29, 0.717) is 12.0 Å². The Labute approximate surface area is 112 Å². The van der Waals surface area contributed by atoms with Crippen LogP contribution in [-0.2, 0) is 16.4 Å². The smallest absolute Gasteiger partial charge is 0.152 e. The van der Waals surface area contributed by atoms with E-state index >= 15 is 0 Å². The Kier molecular flexibility index (Phi) is 3.61. The van der Waals surface area contributed by atoms with E-state index in [1.54, 1.807) is 12.1 Å². The molecule has 0 aliphatic carbocycles. The van der Waals surface area contributed by atoms with Crippen LogP contribution in [0.15, 0.2) is 18.2 Å². The van der Waals surface area contributed by atoms with Crippen molar-refractivity contribution >= 4 is 9.84 Å². The number of rotatable bonds is 3. The first-order valence-corrected chi connectivity index (χ1v) is 7.80. The second-order valence-electron chi connectivity index (χ2n) is 5.17. The highest BCUT2D eigenvalue weighted by Crippen LogP contribution is 2.23. The Hall–Kier alpha value is -1.45. The fraction of sp³-hybridized carbons (Fsp3) is 0.462. The molecule has 1 saturated heterocycles. The number of sulfone groups is 1. The lowest BCUT2D eigenvalue weighted by Gasteiger charge is -2.24. The summed E-state index contributed by atoms with van der Waals surface area (Å²) in [6, 6.07) is 6.15. The maximum atomic E-state index is 13.7. The van der Waals surface area contributed by atoms with Gasteiger partial charge in [0.25, 0.3) is 0 Å². The summed E-state index contributed by atoms with van der Waals surface area (Å²) < 4.78 is 36.6. The minimum atomic E-state index is -2.98. The normalized spacial score (nSPS) is 25.1. The van der Waals surface area contributed by atoms with Crippen molar-refractivity contribution in [2.24, 2.45) is 0 Å². The van der Waals surface area contributed by atoms with Crippen molar-refractivity contribution < 1.29 is 12.8 Å². The zero-order valence-electron chi connectivity index (χ0n) is 10.6. The molecular formula is C13H15FN2O2S. The van der Waals surface area contributed by atoms with Crippen LogP contribution in [-0.4, -0.2) is 25.5 Å². The number of hydrogen-bond donors (Lipinski definition) is 1. The molecule has 0 aromatic heterocycles. The predicted molar refractivity (Wildman–Crippen MR) is 69.6 cm³/mol. The monoisotopic (exact) mass is 282 g/mol. The highest BCUT2D eigenvalue weighted by Gasteiger charge is 2.37. The van der Waals surface area contributed by atoms with Crippen LogP contribution in [0.5, 0.6) is 0 Å². The molecule has 6 heteroatoms. The third-order valence-electron chi connectivity index (χ3n) is 3.39. The van der Waals surface area contributed by atoms with Crippen molar-refractivity contribution in [1.82, 2.24) is 5.32 Å². The Morgan fingerprint density at radius 3 is 2.79 bits per heavy atom. The summed E-state index contributed by atoms with van der Waals surface area (Å²) >= 11 is 0. The van der Waals surface area contributed by atoms with Gasteiger partial charge in [-0.15, -0.1) is 0 Å². The number of nitriles is 1. The molecule has 19 heavy (non-hydrogen) atoms. The van der Waals surface area contributed by atoms with Crippen LogP contribution in [0.1, 0.15) is 24.5 Å². The average Bonchev–Trinajstić information content (AvgIpc) is 2.62. The van der Waals surface area contributed by atoms with Gasteiger partial charge in [-0.25, -0.2) is 12.8 Å². The van der Waals surface area contributed by atoms with Gasteiger partial charge in [-0.2, -0.15) is 5.26 Å². The third-order valence-corrected chi connectivity index (χ3v) is 5.29.